The van der Waals surface area contributed by atoms with E-state index in [0.717, 1.165) is 11.8 Å². The van der Waals surface area contributed by atoms with Crippen molar-refractivity contribution < 1.29 is 19.5 Å². The Morgan fingerprint density at radius 1 is 1.50 bits per heavy atom. The summed E-state index contributed by atoms with van der Waals surface area (Å²) in [6.45, 7) is 1.89. The zero-order chi connectivity index (χ0) is 12.4. The van der Waals surface area contributed by atoms with E-state index in [1.54, 1.807) is 6.92 Å². The molecule has 0 saturated heterocycles. The highest BCUT2D eigenvalue weighted by Crippen LogP contribution is 2.09. The van der Waals surface area contributed by atoms with Crippen LogP contribution in [0.4, 0.5) is 0 Å². The Morgan fingerprint density at radius 2 is 2.19 bits per heavy atom. The van der Waals surface area contributed by atoms with Crippen molar-refractivity contribution in [3.63, 3.8) is 0 Å². The Balaban J connectivity index is 3.58. The van der Waals surface area contributed by atoms with Gasteiger partial charge in [0.05, 0.1) is 6.61 Å². The fourth-order valence-corrected chi connectivity index (χ4v) is 1.67. The molecule has 0 aromatic carbocycles. The minimum absolute atomic E-state index is 0.0471. The predicted octanol–water partition coefficient (Wildman–Crippen LogP) is -0.0301. The van der Waals surface area contributed by atoms with Gasteiger partial charge in [-0.15, -0.1) is 0 Å². The van der Waals surface area contributed by atoms with Crippen molar-refractivity contribution in [2.45, 2.75) is 19.8 Å². The summed E-state index contributed by atoms with van der Waals surface area (Å²) in [6.07, 6.45) is 1.06. The van der Waals surface area contributed by atoms with Crippen molar-refractivity contribution in [1.82, 2.24) is 5.32 Å². The molecule has 92 valence electrons. The lowest BCUT2D eigenvalue weighted by Crippen LogP contribution is -2.25. The quantitative estimate of drug-likeness (QED) is 0.465. The van der Waals surface area contributed by atoms with Gasteiger partial charge in [0.2, 0.25) is 5.91 Å². The van der Waals surface area contributed by atoms with Crippen molar-refractivity contribution in [3.8, 4) is 0 Å². The highest BCUT2D eigenvalue weighted by molar-refractivity contribution is 8.13. The van der Waals surface area contributed by atoms with E-state index in [0.29, 0.717) is 25.0 Å². The summed E-state index contributed by atoms with van der Waals surface area (Å²) in [4.78, 5) is 32.5. The first-order valence-electron chi connectivity index (χ1n) is 5.12. The number of hydrogen-bond acceptors (Lipinski definition) is 5. The molecule has 6 heteroatoms. The Bertz CT molecular complexity index is 245. The molecular weight excluding hydrogens is 230 g/mol. The van der Waals surface area contributed by atoms with Crippen LogP contribution in [0.3, 0.4) is 0 Å². The molecule has 0 aliphatic heterocycles. The minimum atomic E-state index is -0.606. The fraction of sp³-hybridized carbons (Fsp3) is 0.700. The van der Waals surface area contributed by atoms with Gasteiger partial charge in [-0.1, -0.05) is 18.7 Å². The highest BCUT2D eigenvalue weighted by Gasteiger charge is 2.12. The second-order valence-corrected chi connectivity index (χ2v) is 4.36. The van der Waals surface area contributed by atoms with Crippen LogP contribution in [0.1, 0.15) is 19.8 Å². The molecule has 0 radical (unpaired) electrons. The van der Waals surface area contributed by atoms with E-state index in [-0.39, 0.29) is 24.1 Å². The number of aliphatic hydroxyl groups excluding tert-OH is 1. The van der Waals surface area contributed by atoms with Crippen molar-refractivity contribution in [3.05, 3.63) is 0 Å². The summed E-state index contributed by atoms with van der Waals surface area (Å²) in [7, 11) is 0. The predicted molar refractivity (Wildman–Crippen MR) is 62.0 cm³/mol. The van der Waals surface area contributed by atoms with Gasteiger partial charge in [0.15, 0.2) is 5.12 Å². The molecule has 1 atom stereocenters. The first-order valence-corrected chi connectivity index (χ1v) is 6.11. The Hall–Kier alpha value is -0.880. The van der Waals surface area contributed by atoms with Gasteiger partial charge in [0.25, 0.3) is 0 Å². The smallest absolute Gasteiger partial charge is 0.219 e. The van der Waals surface area contributed by atoms with E-state index in [1.165, 1.54) is 0 Å². The SMILES string of the molecule is CCC(=O)NCCSC(=O)CC(C=O)CO. The number of carbonyl (C=O) groups is 3. The third kappa shape index (κ3) is 7.42. The van der Waals surface area contributed by atoms with Gasteiger partial charge < -0.3 is 15.2 Å². The van der Waals surface area contributed by atoms with E-state index in [2.05, 4.69) is 5.32 Å². The molecule has 0 saturated carbocycles. The molecule has 0 spiro atoms. The van der Waals surface area contributed by atoms with Crippen LogP contribution >= 0.6 is 11.8 Å². The molecule has 0 heterocycles. The van der Waals surface area contributed by atoms with Crippen LogP contribution in [-0.2, 0) is 14.4 Å². The summed E-state index contributed by atoms with van der Waals surface area (Å²) < 4.78 is 0. The van der Waals surface area contributed by atoms with Gasteiger partial charge in [-0.25, -0.2) is 0 Å². The third-order valence-electron chi connectivity index (χ3n) is 1.86. The Morgan fingerprint density at radius 3 is 2.69 bits per heavy atom. The lowest BCUT2D eigenvalue weighted by atomic mass is 10.1. The van der Waals surface area contributed by atoms with Crippen molar-refractivity contribution in [2.75, 3.05) is 18.9 Å². The molecule has 1 amide bonds. The van der Waals surface area contributed by atoms with Gasteiger partial charge >= 0.3 is 0 Å². The minimum Gasteiger partial charge on any atom is -0.396 e. The van der Waals surface area contributed by atoms with Crippen LogP contribution in [0.15, 0.2) is 0 Å². The zero-order valence-corrected chi connectivity index (χ0v) is 10.1. The van der Waals surface area contributed by atoms with Crippen LogP contribution in [-0.4, -0.2) is 41.3 Å². The van der Waals surface area contributed by atoms with E-state index in [1.807, 2.05) is 0 Å². The summed E-state index contributed by atoms with van der Waals surface area (Å²) in [5.74, 6) is -0.166. The maximum absolute atomic E-state index is 11.3. The van der Waals surface area contributed by atoms with E-state index >= 15 is 0 Å². The van der Waals surface area contributed by atoms with Gasteiger partial charge in [-0.3, -0.25) is 9.59 Å². The summed E-state index contributed by atoms with van der Waals surface area (Å²) in [5, 5.41) is 11.2. The maximum atomic E-state index is 11.3. The molecule has 0 aromatic rings. The van der Waals surface area contributed by atoms with Gasteiger partial charge in [-0.2, -0.15) is 0 Å². The number of amides is 1. The molecule has 2 N–H and O–H groups in total. The fourth-order valence-electron chi connectivity index (χ4n) is 0.909. The highest BCUT2D eigenvalue weighted by atomic mass is 32.2. The first kappa shape index (κ1) is 15.1. The van der Waals surface area contributed by atoms with Crippen LogP contribution in [0.25, 0.3) is 0 Å². The molecule has 0 aromatic heterocycles. The summed E-state index contributed by atoms with van der Waals surface area (Å²) >= 11 is 1.06. The second kappa shape index (κ2) is 9.35. The lowest BCUT2D eigenvalue weighted by molar-refractivity contribution is -0.120. The molecule has 0 bridgehead atoms. The summed E-state index contributed by atoms with van der Waals surface area (Å²) in [5.41, 5.74) is 0. The monoisotopic (exact) mass is 247 g/mol. The average molecular weight is 247 g/mol. The number of aldehydes is 1. The molecule has 1 unspecified atom stereocenters. The largest absolute Gasteiger partial charge is 0.396 e. The number of aliphatic hydroxyl groups is 1. The molecule has 0 aliphatic rings. The number of carbonyl (C=O) groups excluding carboxylic acids is 3. The van der Waals surface area contributed by atoms with E-state index < -0.39 is 5.92 Å². The molecule has 0 rings (SSSR count). The zero-order valence-electron chi connectivity index (χ0n) is 9.27. The van der Waals surface area contributed by atoms with E-state index in [9.17, 15) is 14.4 Å². The molecular formula is C10H17NO4S. The Labute approximate surface area is 99.0 Å². The number of nitrogens with one attached hydrogen (secondary N) is 1. The van der Waals surface area contributed by atoms with Crippen LogP contribution in [0, 0.1) is 5.92 Å². The Kier molecular flexibility index (Phi) is 8.84. The van der Waals surface area contributed by atoms with Crippen LogP contribution in [0.2, 0.25) is 0 Å². The van der Waals surface area contributed by atoms with Crippen molar-refractivity contribution >= 4 is 29.1 Å². The van der Waals surface area contributed by atoms with Crippen molar-refractivity contribution in [2.24, 2.45) is 5.92 Å². The number of rotatable bonds is 8. The number of hydrogen-bond donors (Lipinski definition) is 2. The van der Waals surface area contributed by atoms with E-state index in [4.69, 9.17) is 5.11 Å². The lowest BCUT2D eigenvalue weighted by Gasteiger charge is -2.05. The molecule has 0 aliphatic carbocycles. The third-order valence-corrected chi connectivity index (χ3v) is 2.76. The number of thioether (sulfide) groups is 1. The summed E-state index contributed by atoms with van der Waals surface area (Å²) in [6, 6.07) is 0. The van der Waals surface area contributed by atoms with Crippen molar-refractivity contribution in [1.29, 1.82) is 0 Å². The average Bonchev–Trinajstić information content (AvgIpc) is 2.31. The maximum Gasteiger partial charge on any atom is 0.219 e. The van der Waals surface area contributed by atoms with Crippen LogP contribution < -0.4 is 5.32 Å². The first-order chi connectivity index (χ1) is 7.63. The standard InChI is InChI=1S/C10H17NO4S/c1-2-9(14)11-3-4-16-10(15)5-8(6-12)7-13/h6,8,13H,2-5,7H2,1H3,(H,11,14). The van der Waals surface area contributed by atoms with Gasteiger partial charge in [0, 0.05) is 31.1 Å². The topological polar surface area (TPSA) is 83.5 Å². The molecule has 5 nitrogen and oxygen atoms in total. The second-order valence-electron chi connectivity index (χ2n) is 3.21. The van der Waals surface area contributed by atoms with Gasteiger partial charge in [-0.05, 0) is 0 Å². The molecule has 0 fully saturated rings. The molecule has 16 heavy (non-hydrogen) atoms. The van der Waals surface area contributed by atoms with Gasteiger partial charge in [0.1, 0.15) is 6.29 Å². The van der Waals surface area contributed by atoms with Crippen LogP contribution in [0.5, 0.6) is 0 Å². The normalized spacial score (nSPS) is 11.9.